The molecule has 0 bridgehead atoms. The highest BCUT2D eigenvalue weighted by Crippen LogP contribution is 2.20. The van der Waals surface area contributed by atoms with Crippen LogP contribution in [0.25, 0.3) is 0 Å². The molecule has 1 aromatic heterocycles. The van der Waals surface area contributed by atoms with E-state index in [1.807, 2.05) is 42.2 Å². The lowest BCUT2D eigenvalue weighted by Gasteiger charge is -2.34. The summed E-state index contributed by atoms with van der Waals surface area (Å²) in [5, 5.41) is 17.1. The first-order chi connectivity index (χ1) is 15.5. The van der Waals surface area contributed by atoms with Crippen LogP contribution in [-0.2, 0) is 10.4 Å². The third-order valence-electron chi connectivity index (χ3n) is 5.38. The number of carbonyl (C=O) groups is 1. The Morgan fingerprint density at radius 2 is 1.78 bits per heavy atom. The fraction of sp³-hybridized carbons (Fsp3) is 0.478. The van der Waals surface area contributed by atoms with Crippen LogP contribution in [0.2, 0.25) is 0 Å². The minimum atomic E-state index is -1.07. The van der Waals surface area contributed by atoms with E-state index in [2.05, 4.69) is 30.5 Å². The van der Waals surface area contributed by atoms with Crippen molar-refractivity contribution in [2.24, 2.45) is 4.99 Å². The number of nitrogens with zero attached hydrogens (tertiary/aromatic N) is 5. The van der Waals surface area contributed by atoms with Crippen LogP contribution in [0.4, 0.5) is 5.95 Å². The van der Waals surface area contributed by atoms with E-state index >= 15 is 0 Å². The summed E-state index contributed by atoms with van der Waals surface area (Å²) in [5.74, 6) is 1.40. The summed E-state index contributed by atoms with van der Waals surface area (Å²) in [5.41, 5.74) is -0.253. The van der Waals surface area contributed by atoms with Gasteiger partial charge in [0.25, 0.3) is 0 Å². The molecule has 3 N–H and O–H groups in total. The van der Waals surface area contributed by atoms with Crippen molar-refractivity contribution in [2.75, 3.05) is 50.7 Å². The summed E-state index contributed by atoms with van der Waals surface area (Å²) < 4.78 is 0. The Balaban J connectivity index is 1.45. The van der Waals surface area contributed by atoms with Crippen LogP contribution in [0, 0.1) is 0 Å². The Bertz CT molecular complexity index is 866. The predicted molar refractivity (Wildman–Crippen MR) is 125 cm³/mol. The molecule has 1 atom stereocenters. The van der Waals surface area contributed by atoms with Crippen LogP contribution in [-0.4, -0.2) is 77.7 Å². The van der Waals surface area contributed by atoms with Crippen molar-refractivity contribution in [3.8, 4) is 0 Å². The standard InChI is InChI=1S/C23H33N7O2/c1-3-24-21(28-18-23(2,32)19-8-5-4-6-9-19)25-13-10-20(31)29-14-16-30(17-15-29)22-26-11-7-12-27-22/h4-9,11-12,32H,3,10,13-18H2,1-2H3,(H2,24,25,28). The second kappa shape index (κ2) is 11.4. The number of aromatic nitrogens is 2. The molecule has 0 aliphatic carbocycles. The molecule has 2 heterocycles. The van der Waals surface area contributed by atoms with Gasteiger partial charge in [-0.2, -0.15) is 0 Å². The highest BCUT2D eigenvalue weighted by atomic mass is 16.3. The smallest absolute Gasteiger partial charge is 0.225 e. The molecule has 1 aliphatic rings. The van der Waals surface area contributed by atoms with Gasteiger partial charge in [-0.1, -0.05) is 30.3 Å². The van der Waals surface area contributed by atoms with Crippen LogP contribution in [0.5, 0.6) is 0 Å². The van der Waals surface area contributed by atoms with Crippen LogP contribution < -0.4 is 15.5 Å². The number of amides is 1. The molecule has 9 nitrogen and oxygen atoms in total. The van der Waals surface area contributed by atoms with Gasteiger partial charge in [-0.15, -0.1) is 0 Å². The minimum absolute atomic E-state index is 0.110. The Morgan fingerprint density at radius 3 is 2.44 bits per heavy atom. The summed E-state index contributed by atoms with van der Waals surface area (Å²) in [7, 11) is 0. The summed E-state index contributed by atoms with van der Waals surface area (Å²) in [6.07, 6.45) is 3.84. The summed E-state index contributed by atoms with van der Waals surface area (Å²) in [6.45, 7) is 7.87. The number of nitrogens with one attached hydrogen (secondary N) is 2. The van der Waals surface area contributed by atoms with Crippen molar-refractivity contribution < 1.29 is 9.90 Å². The third-order valence-corrected chi connectivity index (χ3v) is 5.38. The van der Waals surface area contributed by atoms with Gasteiger partial charge in [-0.05, 0) is 25.5 Å². The van der Waals surface area contributed by atoms with E-state index in [-0.39, 0.29) is 12.5 Å². The fourth-order valence-corrected chi connectivity index (χ4v) is 3.52. The largest absolute Gasteiger partial charge is 0.384 e. The molecule has 172 valence electrons. The molecule has 1 fully saturated rings. The van der Waals surface area contributed by atoms with Gasteiger partial charge in [0.1, 0.15) is 5.60 Å². The van der Waals surface area contributed by atoms with E-state index in [9.17, 15) is 9.90 Å². The second-order valence-electron chi connectivity index (χ2n) is 7.93. The zero-order chi connectivity index (χ0) is 22.8. The molecule has 0 saturated carbocycles. The zero-order valence-corrected chi connectivity index (χ0v) is 18.9. The molecule has 3 rings (SSSR count). The topological polar surface area (TPSA) is 106 Å². The van der Waals surface area contributed by atoms with E-state index in [1.165, 1.54) is 0 Å². The van der Waals surface area contributed by atoms with Gasteiger partial charge < -0.3 is 25.5 Å². The number of rotatable bonds is 8. The molecular weight excluding hydrogens is 406 g/mol. The number of anilines is 1. The first kappa shape index (κ1) is 23.5. The Labute approximate surface area is 189 Å². The van der Waals surface area contributed by atoms with Crippen molar-refractivity contribution in [3.63, 3.8) is 0 Å². The molecule has 1 amide bonds. The third kappa shape index (κ3) is 6.65. The highest BCUT2D eigenvalue weighted by molar-refractivity contribution is 5.81. The lowest BCUT2D eigenvalue weighted by molar-refractivity contribution is -0.131. The van der Waals surface area contributed by atoms with Crippen molar-refractivity contribution in [2.45, 2.75) is 25.9 Å². The molecule has 1 aliphatic heterocycles. The predicted octanol–water partition coefficient (Wildman–Crippen LogP) is 0.978. The molecular formula is C23H33N7O2. The number of carbonyl (C=O) groups excluding carboxylic acids is 1. The Kier molecular flexibility index (Phi) is 8.38. The van der Waals surface area contributed by atoms with Crippen LogP contribution in [0.15, 0.2) is 53.8 Å². The number of aliphatic imine (C=N–C) groups is 1. The van der Waals surface area contributed by atoms with Crippen molar-refractivity contribution in [1.82, 2.24) is 25.5 Å². The van der Waals surface area contributed by atoms with E-state index in [1.54, 1.807) is 25.4 Å². The number of guanidine groups is 1. The molecule has 9 heteroatoms. The van der Waals surface area contributed by atoms with Gasteiger partial charge in [0, 0.05) is 58.1 Å². The highest BCUT2D eigenvalue weighted by Gasteiger charge is 2.23. The number of hydrogen-bond acceptors (Lipinski definition) is 6. The van der Waals surface area contributed by atoms with Crippen LogP contribution in [0.1, 0.15) is 25.8 Å². The number of hydrogen-bond donors (Lipinski definition) is 3. The minimum Gasteiger partial charge on any atom is -0.384 e. The maximum atomic E-state index is 12.6. The van der Waals surface area contributed by atoms with Gasteiger partial charge in [-0.3, -0.25) is 4.79 Å². The van der Waals surface area contributed by atoms with Crippen molar-refractivity contribution >= 4 is 17.8 Å². The van der Waals surface area contributed by atoms with Gasteiger partial charge in [0.2, 0.25) is 11.9 Å². The normalized spacial score (nSPS) is 16.4. The van der Waals surface area contributed by atoms with E-state index in [4.69, 9.17) is 0 Å². The van der Waals surface area contributed by atoms with E-state index in [0.717, 1.165) is 18.7 Å². The second-order valence-corrected chi connectivity index (χ2v) is 7.93. The Hall–Kier alpha value is -3.20. The molecule has 1 aromatic carbocycles. The SMILES string of the molecule is CCNC(=NCC(C)(O)c1ccccc1)NCCC(=O)N1CCN(c2ncccn2)CC1. The van der Waals surface area contributed by atoms with Gasteiger partial charge in [0.15, 0.2) is 5.96 Å². The van der Waals surface area contributed by atoms with Crippen LogP contribution >= 0.6 is 0 Å². The summed E-state index contributed by atoms with van der Waals surface area (Å²) in [6, 6.07) is 11.3. The van der Waals surface area contributed by atoms with Crippen LogP contribution in [0.3, 0.4) is 0 Å². The summed E-state index contributed by atoms with van der Waals surface area (Å²) >= 11 is 0. The average molecular weight is 440 g/mol. The first-order valence-electron chi connectivity index (χ1n) is 11.1. The average Bonchev–Trinajstić information content (AvgIpc) is 2.83. The fourth-order valence-electron chi connectivity index (χ4n) is 3.52. The maximum absolute atomic E-state index is 12.6. The van der Waals surface area contributed by atoms with Gasteiger partial charge in [0.05, 0.1) is 6.54 Å². The maximum Gasteiger partial charge on any atom is 0.225 e. The number of piperazine rings is 1. The van der Waals surface area contributed by atoms with Gasteiger partial charge in [-0.25, -0.2) is 15.0 Å². The van der Waals surface area contributed by atoms with Crippen molar-refractivity contribution in [3.05, 3.63) is 54.4 Å². The lowest BCUT2D eigenvalue weighted by atomic mass is 9.96. The quantitative estimate of drug-likeness (QED) is 0.416. The van der Waals surface area contributed by atoms with Gasteiger partial charge >= 0.3 is 0 Å². The van der Waals surface area contributed by atoms with Crippen molar-refractivity contribution in [1.29, 1.82) is 0 Å². The van der Waals surface area contributed by atoms with E-state index in [0.29, 0.717) is 44.5 Å². The number of benzene rings is 1. The Morgan fingerprint density at radius 1 is 1.09 bits per heavy atom. The molecule has 1 saturated heterocycles. The first-order valence-corrected chi connectivity index (χ1v) is 11.1. The summed E-state index contributed by atoms with van der Waals surface area (Å²) in [4.78, 5) is 29.7. The molecule has 0 radical (unpaired) electrons. The zero-order valence-electron chi connectivity index (χ0n) is 18.9. The molecule has 0 spiro atoms. The monoisotopic (exact) mass is 439 g/mol. The lowest BCUT2D eigenvalue weighted by Crippen LogP contribution is -2.50. The number of aliphatic hydroxyl groups is 1. The molecule has 1 unspecified atom stereocenters. The van der Waals surface area contributed by atoms with E-state index < -0.39 is 5.60 Å². The molecule has 32 heavy (non-hydrogen) atoms. The molecule has 2 aromatic rings.